The van der Waals surface area contributed by atoms with E-state index >= 15 is 0 Å². The van der Waals surface area contributed by atoms with Gasteiger partial charge in [-0.05, 0) is 43.3 Å². The van der Waals surface area contributed by atoms with Crippen LogP contribution in [0, 0.1) is 11.6 Å². The summed E-state index contributed by atoms with van der Waals surface area (Å²) in [6.07, 6.45) is 0. The van der Waals surface area contributed by atoms with Gasteiger partial charge < -0.3 is 14.8 Å². The van der Waals surface area contributed by atoms with Crippen LogP contribution in [0.1, 0.15) is 17.3 Å². The molecular weight excluding hydrogens is 320 g/mol. The van der Waals surface area contributed by atoms with Crippen molar-refractivity contribution < 1.29 is 27.8 Å². The summed E-state index contributed by atoms with van der Waals surface area (Å²) in [4.78, 5) is 23.5. The lowest BCUT2D eigenvalue weighted by Crippen LogP contribution is -2.21. The summed E-state index contributed by atoms with van der Waals surface area (Å²) in [6.45, 7) is 1.71. The molecule has 0 fully saturated rings. The smallest absolute Gasteiger partial charge is 0.338 e. The van der Waals surface area contributed by atoms with Gasteiger partial charge in [0.25, 0.3) is 5.91 Å². The van der Waals surface area contributed by atoms with E-state index in [2.05, 4.69) is 5.32 Å². The molecule has 0 aromatic heterocycles. The second-order valence-electron chi connectivity index (χ2n) is 4.71. The first-order valence-electron chi connectivity index (χ1n) is 7.14. The Bertz CT molecular complexity index is 732. The number of amides is 1. The molecule has 0 spiro atoms. The normalized spacial score (nSPS) is 10.1. The van der Waals surface area contributed by atoms with Crippen LogP contribution in [0.3, 0.4) is 0 Å². The minimum absolute atomic E-state index is 0.239. The number of esters is 1. The van der Waals surface area contributed by atoms with Gasteiger partial charge in [-0.3, -0.25) is 4.79 Å². The number of rotatable bonds is 6. The lowest BCUT2D eigenvalue weighted by Gasteiger charge is -2.08. The summed E-state index contributed by atoms with van der Waals surface area (Å²) < 4.78 is 36.5. The van der Waals surface area contributed by atoms with Crippen LogP contribution >= 0.6 is 0 Å². The van der Waals surface area contributed by atoms with Gasteiger partial charge in [0.1, 0.15) is 17.4 Å². The second kappa shape index (κ2) is 8.05. The van der Waals surface area contributed by atoms with Crippen molar-refractivity contribution >= 4 is 17.6 Å². The van der Waals surface area contributed by atoms with Crippen LogP contribution in [0.4, 0.5) is 14.5 Å². The summed E-state index contributed by atoms with van der Waals surface area (Å²) >= 11 is 0. The Balaban J connectivity index is 1.88. The Kier molecular flexibility index (Phi) is 5.83. The van der Waals surface area contributed by atoms with Crippen molar-refractivity contribution in [3.05, 3.63) is 59.7 Å². The Hall–Kier alpha value is -2.96. The van der Waals surface area contributed by atoms with E-state index < -0.39 is 30.1 Å². The molecule has 5 nitrogen and oxygen atoms in total. The number of carbonyl (C=O) groups excluding carboxylic acids is 2. The molecule has 2 rings (SSSR count). The Morgan fingerprint density at radius 1 is 1.08 bits per heavy atom. The molecule has 0 atom stereocenters. The third-order valence-electron chi connectivity index (χ3n) is 2.94. The minimum atomic E-state index is -0.789. The van der Waals surface area contributed by atoms with Gasteiger partial charge in [-0.25, -0.2) is 13.6 Å². The fourth-order valence-corrected chi connectivity index (χ4v) is 1.85. The lowest BCUT2D eigenvalue weighted by atomic mass is 10.2. The minimum Gasteiger partial charge on any atom is -0.494 e. The van der Waals surface area contributed by atoms with Crippen molar-refractivity contribution in [1.82, 2.24) is 0 Å². The van der Waals surface area contributed by atoms with Crippen LogP contribution in [0.5, 0.6) is 5.75 Å². The number of benzene rings is 2. The zero-order valence-electron chi connectivity index (χ0n) is 12.8. The SMILES string of the molecule is CCOc1ccc(C(=O)OCC(=O)Nc2cc(F)ccc2F)cc1. The van der Waals surface area contributed by atoms with Crippen molar-refractivity contribution in [1.29, 1.82) is 0 Å². The number of nitrogens with one attached hydrogen (secondary N) is 1. The van der Waals surface area contributed by atoms with Gasteiger partial charge in [0, 0.05) is 6.07 Å². The molecule has 0 saturated carbocycles. The highest BCUT2D eigenvalue weighted by molar-refractivity contribution is 5.95. The Labute approximate surface area is 137 Å². The molecule has 2 aromatic rings. The molecule has 2 aromatic carbocycles. The van der Waals surface area contributed by atoms with Crippen LogP contribution in [-0.2, 0) is 9.53 Å². The van der Waals surface area contributed by atoms with Gasteiger partial charge in [-0.2, -0.15) is 0 Å². The van der Waals surface area contributed by atoms with Crippen LogP contribution in [-0.4, -0.2) is 25.1 Å². The maximum Gasteiger partial charge on any atom is 0.338 e. The van der Waals surface area contributed by atoms with E-state index in [9.17, 15) is 18.4 Å². The Morgan fingerprint density at radius 2 is 1.79 bits per heavy atom. The summed E-state index contributed by atoms with van der Waals surface area (Å²) in [5, 5.41) is 2.13. The average molecular weight is 335 g/mol. The van der Waals surface area contributed by atoms with Crippen molar-refractivity contribution in [3.63, 3.8) is 0 Å². The van der Waals surface area contributed by atoms with Crippen LogP contribution < -0.4 is 10.1 Å². The monoisotopic (exact) mass is 335 g/mol. The third kappa shape index (κ3) is 4.77. The molecule has 0 bridgehead atoms. The Morgan fingerprint density at radius 3 is 2.46 bits per heavy atom. The number of anilines is 1. The lowest BCUT2D eigenvalue weighted by molar-refractivity contribution is -0.119. The molecule has 0 radical (unpaired) electrons. The standard InChI is InChI=1S/C17H15F2NO4/c1-2-23-13-6-3-11(4-7-13)17(22)24-10-16(21)20-15-9-12(18)5-8-14(15)19/h3-9H,2,10H2,1H3,(H,20,21). The first kappa shape index (κ1) is 17.4. The van der Waals surface area contributed by atoms with Crippen LogP contribution in [0.2, 0.25) is 0 Å². The molecular formula is C17H15F2NO4. The maximum atomic E-state index is 13.4. The molecule has 7 heteroatoms. The predicted octanol–water partition coefficient (Wildman–Crippen LogP) is 3.16. The number of carbonyl (C=O) groups is 2. The molecule has 1 N–H and O–H groups in total. The van der Waals surface area contributed by atoms with E-state index in [4.69, 9.17) is 9.47 Å². The summed E-state index contributed by atoms with van der Waals surface area (Å²) in [6, 6.07) is 8.84. The first-order valence-corrected chi connectivity index (χ1v) is 7.14. The fourth-order valence-electron chi connectivity index (χ4n) is 1.85. The van der Waals surface area contributed by atoms with E-state index in [1.165, 1.54) is 12.1 Å². The highest BCUT2D eigenvalue weighted by Crippen LogP contribution is 2.15. The molecule has 24 heavy (non-hydrogen) atoms. The zero-order valence-corrected chi connectivity index (χ0v) is 12.8. The topological polar surface area (TPSA) is 64.6 Å². The molecule has 0 heterocycles. The third-order valence-corrected chi connectivity index (χ3v) is 2.94. The molecule has 1 amide bonds. The van der Waals surface area contributed by atoms with Crippen molar-refractivity contribution in [3.8, 4) is 5.75 Å². The largest absolute Gasteiger partial charge is 0.494 e. The van der Waals surface area contributed by atoms with E-state index in [0.29, 0.717) is 12.4 Å². The number of hydrogen-bond donors (Lipinski definition) is 1. The number of halogens is 2. The van der Waals surface area contributed by atoms with Gasteiger partial charge in [0.15, 0.2) is 6.61 Å². The summed E-state index contributed by atoms with van der Waals surface area (Å²) in [5.41, 5.74) is -0.0831. The second-order valence-corrected chi connectivity index (χ2v) is 4.71. The van der Waals surface area contributed by atoms with Crippen molar-refractivity contribution in [2.24, 2.45) is 0 Å². The quantitative estimate of drug-likeness (QED) is 0.824. The summed E-state index contributed by atoms with van der Waals surface area (Å²) in [5.74, 6) is -2.37. The highest BCUT2D eigenvalue weighted by Gasteiger charge is 2.12. The van der Waals surface area contributed by atoms with E-state index in [1.54, 1.807) is 12.1 Å². The fraction of sp³-hybridized carbons (Fsp3) is 0.176. The number of hydrogen-bond acceptors (Lipinski definition) is 4. The van der Waals surface area contributed by atoms with E-state index in [0.717, 1.165) is 18.2 Å². The first-order chi connectivity index (χ1) is 11.5. The zero-order chi connectivity index (χ0) is 17.5. The van der Waals surface area contributed by atoms with Crippen molar-refractivity contribution in [2.45, 2.75) is 6.92 Å². The molecule has 0 aliphatic heterocycles. The van der Waals surface area contributed by atoms with Gasteiger partial charge in [-0.1, -0.05) is 0 Å². The molecule has 0 saturated heterocycles. The molecule has 0 unspecified atom stereocenters. The van der Waals surface area contributed by atoms with Crippen LogP contribution in [0.15, 0.2) is 42.5 Å². The number of ether oxygens (including phenoxy) is 2. The van der Waals surface area contributed by atoms with Gasteiger partial charge in [0.05, 0.1) is 17.9 Å². The van der Waals surface area contributed by atoms with Gasteiger partial charge >= 0.3 is 5.97 Å². The van der Waals surface area contributed by atoms with Gasteiger partial charge in [0.2, 0.25) is 0 Å². The summed E-state index contributed by atoms with van der Waals surface area (Å²) in [7, 11) is 0. The van der Waals surface area contributed by atoms with Crippen molar-refractivity contribution in [2.75, 3.05) is 18.5 Å². The van der Waals surface area contributed by atoms with E-state index in [-0.39, 0.29) is 11.3 Å². The average Bonchev–Trinajstić information content (AvgIpc) is 2.57. The molecule has 0 aliphatic carbocycles. The molecule has 0 aliphatic rings. The van der Waals surface area contributed by atoms with Gasteiger partial charge in [-0.15, -0.1) is 0 Å². The highest BCUT2D eigenvalue weighted by atomic mass is 19.1. The predicted molar refractivity (Wildman–Crippen MR) is 82.9 cm³/mol. The van der Waals surface area contributed by atoms with Crippen LogP contribution in [0.25, 0.3) is 0 Å². The molecule has 126 valence electrons. The van der Waals surface area contributed by atoms with E-state index in [1.807, 2.05) is 6.92 Å². The maximum absolute atomic E-state index is 13.4.